The van der Waals surface area contributed by atoms with E-state index in [0.29, 0.717) is 0 Å². The molecule has 7 aromatic carbocycles. The summed E-state index contributed by atoms with van der Waals surface area (Å²) in [6, 6.07) is 52.5. The molecule has 0 heterocycles. The number of aryl methyl sites for hydroxylation is 2. The lowest BCUT2D eigenvalue weighted by Gasteiger charge is -2.17. The minimum Gasteiger partial charge on any atom is -0.0776 e. The molecule has 0 atom stereocenters. The van der Waals surface area contributed by atoms with Gasteiger partial charge in [-0.25, -0.2) is 0 Å². The fraction of sp³-hybridized carbons (Fsp3) is 0.174. The zero-order valence-corrected chi connectivity index (χ0v) is 27.6. The third-order valence-electron chi connectivity index (χ3n) is 8.25. The maximum Gasteiger partial charge on any atom is 0 e. The minimum absolute atomic E-state index is 0. The van der Waals surface area contributed by atoms with Gasteiger partial charge in [0.15, 0.2) is 0 Å². The summed E-state index contributed by atoms with van der Waals surface area (Å²) in [6.45, 7) is 12.3. The number of fused-ring (bicyclic) bond motifs is 5. The highest BCUT2D eigenvalue weighted by Crippen LogP contribution is 2.43. The van der Waals surface area contributed by atoms with Gasteiger partial charge < -0.3 is 0 Å². The lowest BCUT2D eigenvalue weighted by atomic mass is 9.86. The number of hydrogen-bond donors (Lipinski definition) is 0. The summed E-state index contributed by atoms with van der Waals surface area (Å²) in [4.78, 5) is 0. The van der Waals surface area contributed by atoms with E-state index in [1.807, 2.05) is 27.7 Å². The zero-order valence-electron chi connectivity index (χ0n) is 27.6. The molecule has 0 aliphatic heterocycles. The molecule has 0 nitrogen and oxygen atoms in total. The van der Waals surface area contributed by atoms with Crippen molar-refractivity contribution in [1.29, 1.82) is 0 Å². The molecule has 0 aromatic heterocycles. The Morgan fingerprint density at radius 3 is 1.02 bits per heavy atom. The van der Waals surface area contributed by atoms with Gasteiger partial charge in [-0.1, -0.05) is 192 Å². The van der Waals surface area contributed by atoms with E-state index in [-0.39, 0.29) is 8.85 Å². The normalized spacial score (nSPS) is 10.6. The maximum atomic E-state index is 2.31. The molecule has 1 aliphatic carbocycles. The molecule has 8 rings (SSSR count). The molecule has 0 N–H and O–H groups in total. The Kier molecular flexibility index (Phi) is 11.7. The molecule has 0 saturated carbocycles. The van der Waals surface area contributed by atoms with Crippen molar-refractivity contribution in [2.24, 2.45) is 0 Å². The predicted molar refractivity (Wildman–Crippen MR) is 208 cm³/mol. The van der Waals surface area contributed by atoms with Crippen molar-refractivity contribution < 1.29 is 1.43 Å². The monoisotopic (exact) mass is 603 g/mol. The van der Waals surface area contributed by atoms with E-state index < -0.39 is 0 Å². The van der Waals surface area contributed by atoms with E-state index in [4.69, 9.17) is 0 Å². The molecule has 0 radical (unpaired) electrons. The Bertz CT molecular complexity index is 1820. The molecule has 0 unspecified atom stereocenters. The highest BCUT2D eigenvalue weighted by atomic mass is 14.2. The third-order valence-corrected chi connectivity index (χ3v) is 8.25. The first-order valence-corrected chi connectivity index (χ1v) is 16.4. The van der Waals surface area contributed by atoms with Crippen LogP contribution in [0.2, 0.25) is 0 Å². The van der Waals surface area contributed by atoms with Crippen LogP contribution in [-0.4, -0.2) is 0 Å². The molecule has 0 saturated heterocycles. The molecule has 0 bridgehead atoms. The van der Waals surface area contributed by atoms with Crippen LogP contribution in [0.5, 0.6) is 0 Å². The largest absolute Gasteiger partial charge is 0.0776 e. The molecule has 0 spiro atoms. The second kappa shape index (κ2) is 15.9. The van der Waals surface area contributed by atoms with Gasteiger partial charge in [0.05, 0.1) is 0 Å². The lowest BCUT2D eigenvalue weighted by Crippen LogP contribution is -1.90. The summed E-state index contributed by atoms with van der Waals surface area (Å²) >= 11 is 0. The molecular formula is C46H50. The zero-order chi connectivity index (χ0) is 31.8. The quantitative estimate of drug-likeness (QED) is 0.172. The van der Waals surface area contributed by atoms with Gasteiger partial charge in [0, 0.05) is 1.43 Å². The standard InChI is InChI=1S/C26H18.C15H14.2C2H6.CH4.H2/c1-3-11-19(12-4-1)25-21-15-7-9-17-23(21)26(20-13-5-2-6-14-20)24-18-10-8-16-22(24)25;1-10-3-5-14-12(7-10)9-13-8-11(2)4-6-15(13)14;2*1-2;;/h1-18H;3-8H,9H2,1-2H3;2*1-2H3;1H4;1H/i;;;;;1+1. The van der Waals surface area contributed by atoms with Crippen molar-refractivity contribution in [3.8, 4) is 33.4 Å². The Labute approximate surface area is 278 Å². The summed E-state index contributed by atoms with van der Waals surface area (Å²) in [5.41, 5.74) is 13.7. The van der Waals surface area contributed by atoms with Crippen LogP contribution in [0.1, 0.15) is 58.8 Å². The van der Waals surface area contributed by atoms with E-state index in [1.54, 1.807) is 0 Å². The molecular weight excluding hydrogens is 553 g/mol. The molecule has 234 valence electrons. The first-order chi connectivity index (χ1) is 22.2. The van der Waals surface area contributed by atoms with Crippen molar-refractivity contribution >= 4 is 21.5 Å². The average molecular weight is 604 g/mol. The van der Waals surface area contributed by atoms with E-state index in [1.165, 1.54) is 77.2 Å². The summed E-state index contributed by atoms with van der Waals surface area (Å²) in [6.07, 6.45) is 1.11. The van der Waals surface area contributed by atoms with Crippen molar-refractivity contribution in [3.63, 3.8) is 0 Å². The van der Waals surface area contributed by atoms with Gasteiger partial charge in [-0.05, 0) is 86.3 Å². The second-order valence-corrected chi connectivity index (χ2v) is 11.1. The van der Waals surface area contributed by atoms with E-state index in [9.17, 15) is 0 Å². The minimum atomic E-state index is 0. The van der Waals surface area contributed by atoms with Crippen LogP contribution in [0, 0.1) is 13.8 Å². The van der Waals surface area contributed by atoms with Gasteiger partial charge >= 0.3 is 0 Å². The van der Waals surface area contributed by atoms with Crippen molar-refractivity contribution in [2.75, 3.05) is 0 Å². The topological polar surface area (TPSA) is 0 Å². The van der Waals surface area contributed by atoms with Gasteiger partial charge in [-0.2, -0.15) is 0 Å². The van der Waals surface area contributed by atoms with E-state index in [0.717, 1.165) is 6.42 Å². The van der Waals surface area contributed by atoms with Gasteiger partial charge in [0.25, 0.3) is 0 Å². The molecule has 0 fully saturated rings. The maximum absolute atomic E-state index is 2.31. The Balaban J connectivity index is 0.000000246. The van der Waals surface area contributed by atoms with Crippen LogP contribution in [0.25, 0.3) is 54.9 Å². The van der Waals surface area contributed by atoms with E-state index in [2.05, 4.69) is 159 Å². The number of hydrogen-bond acceptors (Lipinski definition) is 0. The summed E-state index contributed by atoms with van der Waals surface area (Å²) in [7, 11) is 0. The highest BCUT2D eigenvalue weighted by molar-refractivity contribution is 6.21. The van der Waals surface area contributed by atoms with Crippen LogP contribution < -0.4 is 0 Å². The smallest absolute Gasteiger partial charge is 0 e. The van der Waals surface area contributed by atoms with Gasteiger partial charge in [-0.15, -0.1) is 0 Å². The van der Waals surface area contributed by atoms with Crippen LogP contribution in [0.3, 0.4) is 0 Å². The number of rotatable bonds is 2. The molecule has 7 aromatic rings. The summed E-state index contributed by atoms with van der Waals surface area (Å²) < 4.78 is 0. The van der Waals surface area contributed by atoms with Gasteiger partial charge in [-0.3, -0.25) is 0 Å². The Hall–Kier alpha value is -4.94. The first kappa shape index (κ1) is 33.9. The molecule has 0 heteroatoms. The fourth-order valence-corrected chi connectivity index (χ4v) is 6.43. The lowest BCUT2D eigenvalue weighted by molar-refractivity contribution is 1.24. The molecule has 1 aliphatic rings. The van der Waals surface area contributed by atoms with E-state index >= 15 is 0 Å². The van der Waals surface area contributed by atoms with Crippen molar-refractivity contribution in [2.45, 2.75) is 55.4 Å². The van der Waals surface area contributed by atoms with Crippen LogP contribution in [-0.2, 0) is 6.42 Å². The predicted octanol–water partition coefficient (Wildman–Crippen LogP) is 14.1. The van der Waals surface area contributed by atoms with Gasteiger partial charge in [0.2, 0.25) is 0 Å². The summed E-state index contributed by atoms with van der Waals surface area (Å²) in [5, 5.41) is 5.21. The Morgan fingerprint density at radius 2 is 0.696 bits per heavy atom. The first-order valence-electron chi connectivity index (χ1n) is 16.4. The Morgan fingerprint density at radius 1 is 0.391 bits per heavy atom. The van der Waals surface area contributed by atoms with Crippen LogP contribution in [0.4, 0.5) is 0 Å². The highest BCUT2D eigenvalue weighted by Gasteiger charge is 2.18. The van der Waals surface area contributed by atoms with Crippen molar-refractivity contribution in [3.05, 3.63) is 168 Å². The number of benzene rings is 7. The summed E-state index contributed by atoms with van der Waals surface area (Å²) in [5.74, 6) is 0. The van der Waals surface area contributed by atoms with Crippen molar-refractivity contribution in [1.82, 2.24) is 0 Å². The SMILES string of the molecule is C.CC.CC.Cc1ccc2c(c1)Cc1cc(C)ccc1-2.[2HH].c1ccc(-c2c3ccccc3c(-c3ccccc3)c3ccccc23)cc1. The average Bonchev–Trinajstić information content (AvgIpc) is 3.46. The van der Waals surface area contributed by atoms with Gasteiger partial charge in [0.1, 0.15) is 0 Å². The molecule has 0 amide bonds. The second-order valence-electron chi connectivity index (χ2n) is 11.1. The van der Waals surface area contributed by atoms with Crippen LogP contribution >= 0.6 is 0 Å². The third kappa shape index (κ3) is 6.82. The van der Waals surface area contributed by atoms with Crippen LogP contribution in [0.15, 0.2) is 146 Å². The fourth-order valence-electron chi connectivity index (χ4n) is 6.43. The molecule has 46 heavy (non-hydrogen) atoms.